The molecule has 0 radical (unpaired) electrons. The van der Waals surface area contributed by atoms with Gasteiger partial charge < -0.3 is 20.7 Å². The van der Waals surface area contributed by atoms with Gasteiger partial charge in [-0.05, 0) is 62.1 Å². The fourth-order valence-corrected chi connectivity index (χ4v) is 4.18. The molecule has 1 amide bonds. The highest BCUT2D eigenvalue weighted by atomic mass is 35.5. The molecule has 1 fully saturated rings. The lowest BCUT2D eigenvalue weighted by molar-refractivity contribution is 0.100. The Morgan fingerprint density at radius 2 is 1.83 bits per heavy atom. The Kier molecular flexibility index (Phi) is 5.60. The summed E-state index contributed by atoms with van der Waals surface area (Å²) in [7, 11) is 0. The maximum Gasteiger partial charge on any atom is 0.250 e. The van der Waals surface area contributed by atoms with E-state index in [9.17, 15) is 9.90 Å². The summed E-state index contributed by atoms with van der Waals surface area (Å²) in [6.45, 7) is 0. The molecule has 4 N–H and O–H groups in total. The van der Waals surface area contributed by atoms with Crippen molar-refractivity contribution in [3.8, 4) is 16.9 Å². The quantitative estimate of drug-likeness (QED) is 0.575. The summed E-state index contributed by atoms with van der Waals surface area (Å²) in [5.41, 5.74) is 9.61. The zero-order valence-corrected chi connectivity index (χ0v) is 16.8. The molecule has 0 saturated heterocycles. The van der Waals surface area contributed by atoms with Crippen molar-refractivity contribution in [2.45, 2.75) is 37.8 Å². The molecule has 0 spiro atoms. The number of benzene rings is 2. The van der Waals surface area contributed by atoms with E-state index in [1.54, 1.807) is 6.07 Å². The molecule has 0 unspecified atom stereocenters. The maximum atomic E-state index is 12.0. The molecule has 5 nitrogen and oxygen atoms in total. The van der Waals surface area contributed by atoms with E-state index in [0.29, 0.717) is 10.6 Å². The van der Waals surface area contributed by atoms with Gasteiger partial charge in [-0.3, -0.25) is 4.79 Å². The van der Waals surface area contributed by atoms with Crippen molar-refractivity contribution in [2.75, 3.05) is 5.32 Å². The van der Waals surface area contributed by atoms with E-state index in [-0.39, 0.29) is 12.1 Å². The molecular formula is C23H24ClN3O2. The van der Waals surface area contributed by atoms with E-state index in [1.165, 1.54) is 0 Å². The van der Waals surface area contributed by atoms with E-state index < -0.39 is 5.91 Å². The van der Waals surface area contributed by atoms with Gasteiger partial charge >= 0.3 is 0 Å². The first-order chi connectivity index (χ1) is 14.0. The molecule has 3 aromatic rings. The Morgan fingerprint density at radius 3 is 2.55 bits per heavy atom. The van der Waals surface area contributed by atoms with Crippen LogP contribution in [-0.2, 0) is 0 Å². The highest BCUT2D eigenvalue weighted by molar-refractivity contribution is 6.33. The summed E-state index contributed by atoms with van der Waals surface area (Å²) in [6.07, 6.45) is 4.98. The molecule has 1 aliphatic rings. The first-order valence-corrected chi connectivity index (χ1v) is 10.2. The lowest BCUT2D eigenvalue weighted by Crippen LogP contribution is -2.29. The molecule has 1 aliphatic carbocycles. The smallest absolute Gasteiger partial charge is 0.250 e. The van der Waals surface area contributed by atoms with Gasteiger partial charge in [0.25, 0.3) is 5.91 Å². The van der Waals surface area contributed by atoms with Crippen LogP contribution in [0.2, 0.25) is 5.02 Å². The summed E-state index contributed by atoms with van der Waals surface area (Å²) in [5.74, 6) is -0.464. The van der Waals surface area contributed by atoms with Crippen LogP contribution in [0, 0.1) is 0 Å². The molecule has 6 heteroatoms. The fraction of sp³-hybridized carbons (Fsp3) is 0.261. The molecule has 150 valence electrons. The summed E-state index contributed by atoms with van der Waals surface area (Å²) in [4.78, 5) is 12.0. The van der Waals surface area contributed by atoms with Crippen molar-refractivity contribution < 1.29 is 9.90 Å². The first-order valence-electron chi connectivity index (χ1n) is 9.84. The third-order valence-corrected chi connectivity index (χ3v) is 5.83. The van der Waals surface area contributed by atoms with Gasteiger partial charge in [0.05, 0.1) is 17.4 Å². The molecule has 0 atom stereocenters. The summed E-state index contributed by atoms with van der Waals surface area (Å²) in [6, 6.07) is 17.5. The van der Waals surface area contributed by atoms with Gasteiger partial charge in [-0.1, -0.05) is 29.8 Å². The molecule has 29 heavy (non-hydrogen) atoms. The van der Waals surface area contributed by atoms with Crippen molar-refractivity contribution >= 4 is 23.2 Å². The number of primary amides is 1. The second-order valence-corrected chi connectivity index (χ2v) is 7.89. The van der Waals surface area contributed by atoms with Crippen LogP contribution in [0.4, 0.5) is 5.69 Å². The van der Waals surface area contributed by atoms with Crippen molar-refractivity contribution in [1.29, 1.82) is 0 Å². The van der Waals surface area contributed by atoms with Crippen molar-refractivity contribution in [2.24, 2.45) is 5.73 Å². The standard InChI is InChI=1S/C23H24ClN3O2/c24-20-5-2-1-4-18(20)22-6-3-13-27(22)16-9-12-19(23(25)29)21(14-16)26-15-7-10-17(28)11-8-15/h1-6,9,12-15,17,26,28H,7-8,10-11H2,(H2,25,29)/t15-,17-. The lowest BCUT2D eigenvalue weighted by Gasteiger charge is -2.28. The minimum Gasteiger partial charge on any atom is -0.393 e. The van der Waals surface area contributed by atoms with Crippen LogP contribution in [-0.4, -0.2) is 27.7 Å². The molecule has 1 heterocycles. The normalized spacial score (nSPS) is 19.1. The predicted octanol–water partition coefficient (Wildman–Crippen LogP) is 4.61. The Hall–Kier alpha value is -2.76. The van der Waals surface area contributed by atoms with E-state index in [2.05, 4.69) is 5.32 Å². The molecule has 2 aromatic carbocycles. The highest BCUT2D eigenvalue weighted by Gasteiger charge is 2.21. The van der Waals surface area contributed by atoms with Gasteiger partial charge in [-0.15, -0.1) is 0 Å². The minimum atomic E-state index is -0.464. The number of aromatic nitrogens is 1. The van der Waals surface area contributed by atoms with Crippen LogP contribution in [0.5, 0.6) is 0 Å². The summed E-state index contributed by atoms with van der Waals surface area (Å²) < 4.78 is 2.04. The number of amides is 1. The van der Waals surface area contributed by atoms with Gasteiger partial charge in [0.1, 0.15) is 0 Å². The van der Waals surface area contributed by atoms with E-state index in [1.807, 2.05) is 59.3 Å². The zero-order valence-electron chi connectivity index (χ0n) is 16.0. The second kappa shape index (κ2) is 8.31. The monoisotopic (exact) mass is 409 g/mol. The lowest BCUT2D eigenvalue weighted by atomic mass is 9.92. The zero-order chi connectivity index (χ0) is 20.4. The molecular weight excluding hydrogens is 386 g/mol. The van der Waals surface area contributed by atoms with Crippen molar-refractivity contribution in [1.82, 2.24) is 4.57 Å². The number of hydrogen-bond donors (Lipinski definition) is 3. The van der Waals surface area contributed by atoms with Gasteiger partial charge in [0, 0.05) is 34.2 Å². The maximum absolute atomic E-state index is 12.0. The van der Waals surface area contributed by atoms with E-state index in [0.717, 1.165) is 48.3 Å². The molecule has 1 aromatic heterocycles. The van der Waals surface area contributed by atoms with Crippen LogP contribution >= 0.6 is 11.6 Å². The number of hydrogen-bond acceptors (Lipinski definition) is 3. The summed E-state index contributed by atoms with van der Waals surface area (Å²) in [5, 5.41) is 13.9. The van der Waals surface area contributed by atoms with Crippen LogP contribution in [0.25, 0.3) is 16.9 Å². The van der Waals surface area contributed by atoms with Gasteiger partial charge in [-0.25, -0.2) is 0 Å². The van der Waals surface area contributed by atoms with Gasteiger partial charge in [0.15, 0.2) is 0 Å². The van der Waals surface area contributed by atoms with Crippen LogP contribution < -0.4 is 11.1 Å². The van der Waals surface area contributed by atoms with Gasteiger partial charge in [-0.2, -0.15) is 0 Å². The number of nitrogens with two attached hydrogens (primary N) is 1. The number of carbonyl (C=O) groups is 1. The number of nitrogens with one attached hydrogen (secondary N) is 1. The number of nitrogens with zero attached hydrogens (tertiary/aromatic N) is 1. The van der Waals surface area contributed by atoms with Gasteiger partial charge in [0.2, 0.25) is 0 Å². The number of aliphatic hydroxyl groups excluding tert-OH is 1. The van der Waals surface area contributed by atoms with Crippen molar-refractivity contribution in [3.05, 3.63) is 71.4 Å². The number of halogens is 1. The molecule has 1 saturated carbocycles. The van der Waals surface area contributed by atoms with Crippen LogP contribution in [0.1, 0.15) is 36.0 Å². The topological polar surface area (TPSA) is 80.3 Å². The number of aliphatic hydroxyl groups is 1. The molecule has 4 rings (SSSR count). The average molecular weight is 410 g/mol. The largest absolute Gasteiger partial charge is 0.393 e. The Morgan fingerprint density at radius 1 is 1.07 bits per heavy atom. The second-order valence-electron chi connectivity index (χ2n) is 7.49. The van der Waals surface area contributed by atoms with E-state index in [4.69, 9.17) is 17.3 Å². The fourth-order valence-electron chi connectivity index (χ4n) is 3.95. The van der Waals surface area contributed by atoms with E-state index >= 15 is 0 Å². The number of rotatable bonds is 5. The Balaban J connectivity index is 1.70. The van der Waals surface area contributed by atoms with Crippen LogP contribution in [0.15, 0.2) is 60.8 Å². The first kappa shape index (κ1) is 19.6. The molecule has 0 bridgehead atoms. The number of anilines is 1. The summed E-state index contributed by atoms with van der Waals surface area (Å²) >= 11 is 6.41. The Bertz CT molecular complexity index is 1020. The third kappa shape index (κ3) is 4.16. The molecule has 0 aliphatic heterocycles. The van der Waals surface area contributed by atoms with Crippen molar-refractivity contribution in [3.63, 3.8) is 0 Å². The highest BCUT2D eigenvalue weighted by Crippen LogP contribution is 2.32. The minimum absolute atomic E-state index is 0.208. The number of carbonyl (C=O) groups excluding carboxylic acids is 1. The predicted molar refractivity (Wildman–Crippen MR) is 117 cm³/mol. The van der Waals surface area contributed by atoms with Crippen LogP contribution in [0.3, 0.4) is 0 Å². The third-order valence-electron chi connectivity index (χ3n) is 5.50. The Labute approximate surface area is 175 Å². The SMILES string of the molecule is NC(=O)c1ccc(-n2cccc2-c2ccccc2Cl)cc1N[C@H]1CC[C@H](O)CC1. The average Bonchev–Trinajstić information content (AvgIpc) is 3.19.